The lowest BCUT2D eigenvalue weighted by molar-refractivity contribution is -0.141. The van der Waals surface area contributed by atoms with Gasteiger partial charge in [0.05, 0.1) is 0 Å². The molecule has 1 heterocycles. The number of alkyl halides is 3. The summed E-state index contributed by atoms with van der Waals surface area (Å²) in [4.78, 5) is 3.39. The summed E-state index contributed by atoms with van der Waals surface area (Å²) < 4.78 is 37.6. The molecular formula is C13H18F3N. The number of aromatic nitrogens is 1. The molecule has 17 heavy (non-hydrogen) atoms. The largest absolute Gasteiger partial charge is 0.433 e. The molecule has 0 atom stereocenters. The molecule has 4 heteroatoms. The normalized spacial score (nSPS) is 12.1. The highest BCUT2D eigenvalue weighted by Gasteiger charge is 2.32. The van der Waals surface area contributed by atoms with E-state index >= 15 is 0 Å². The van der Waals surface area contributed by atoms with Gasteiger partial charge in [0.25, 0.3) is 0 Å². The molecule has 0 radical (unpaired) electrons. The van der Waals surface area contributed by atoms with Gasteiger partial charge in [0.2, 0.25) is 0 Å². The standard InChI is InChI=1S/C13H18F3N/c1-3-5-10(6-4-2)11-7-8-17-12(9-11)13(14,15)16/h7-10H,3-6H2,1-2H3. The predicted octanol–water partition coefficient (Wildman–Crippen LogP) is 4.78. The van der Waals surface area contributed by atoms with Crippen molar-refractivity contribution in [3.63, 3.8) is 0 Å². The molecule has 0 aliphatic rings. The average Bonchev–Trinajstić information content (AvgIpc) is 2.28. The van der Waals surface area contributed by atoms with E-state index in [-0.39, 0.29) is 5.92 Å². The Labute approximate surface area is 100 Å². The third kappa shape index (κ3) is 4.02. The van der Waals surface area contributed by atoms with Crippen molar-refractivity contribution in [3.05, 3.63) is 29.6 Å². The van der Waals surface area contributed by atoms with Gasteiger partial charge in [-0.25, -0.2) is 0 Å². The van der Waals surface area contributed by atoms with Crippen LogP contribution in [-0.2, 0) is 6.18 Å². The van der Waals surface area contributed by atoms with Crippen LogP contribution in [0.2, 0.25) is 0 Å². The molecular weight excluding hydrogens is 227 g/mol. The predicted molar refractivity (Wildman–Crippen MR) is 61.8 cm³/mol. The van der Waals surface area contributed by atoms with Crippen molar-refractivity contribution < 1.29 is 13.2 Å². The van der Waals surface area contributed by atoms with Gasteiger partial charge in [-0.3, -0.25) is 4.98 Å². The van der Waals surface area contributed by atoms with E-state index < -0.39 is 11.9 Å². The van der Waals surface area contributed by atoms with Gasteiger partial charge in [-0.2, -0.15) is 13.2 Å². The van der Waals surface area contributed by atoms with Crippen molar-refractivity contribution in [2.45, 2.75) is 51.6 Å². The quantitative estimate of drug-likeness (QED) is 0.727. The second-order valence-electron chi connectivity index (χ2n) is 4.25. The number of hydrogen-bond donors (Lipinski definition) is 0. The first-order chi connectivity index (χ1) is 7.99. The van der Waals surface area contributed by atoms with Crippen LogP contribution in [0.4, 0.5) is 13.2 Å². The Morgan fingerprint density at radius 3 is 2.24 bits per heavy atom. The number of pyridine rings is 1. The van der Waals surface area contributed by atoms with Gasteiger partial charge in [0, 0.05) is 6.20 Å². The molecule has 1 aromatic rings. The highest BCUT2D eigenvalue weighted by molar-refractivity contribution is 5.22. The van der Waals surface area contributed by atoms with Crippen LogP contribution in [0.15, 0.2) is 18.3 Å². The first-order valence-corrected chi connectivity index (χ1v) is 6.02. The van der Waals surface area contributed by atoms with Gasteiger partial charge < -0.3 is 0 Å². The lowest BCUT2D eigenvalue weighted by Gasteiger charge is -2.16. The number of rotatable bonds is 5. The van der Waals surface area contributed by atoms with E-state index in [4.69, 9.17) is 0 Å². The molecule has 0 amide bonds. The van der Waals surface area contributed by atoms with Crippen LogP contribution in [0, 0.1) is 0 Å². The fraction of sp³-hybridized carbons (Fsp3) is 0.615. The lowest BCUT2D eigenvalue weighted by Crippen LogP contribution is -2.09. The van der Waals surface area contributed by atoms with Gasteiger partial charge in [-0.15, -0.1) is 0 Å². The topological polar surface area (TPSA) is 12.9 Å². The van der Waals surface area contributed by atoms with E-state index in [2.05, 4.69) is 18.8 Å². The highest BCUT2D eigenvalue weighted by atomic mass is 19.4. The maximum Gasteiger partial charge on any atom is 0.433 e. The third-order valence-electron chi connectivity index (χ3n) is 2.82. The minimum Gasteiger partial charge on any atom is -0.252 e. The van der Waals surface area contributed by atoms with Gasteiger partial charge in [0.1, 0.15) is 5.69 Å². The number of hydrogen-bond acceptors (Lipinski definition) is 1. The monoisotopic (exact) mass is 245 g/mol. The molecule has 0 aliphatic heterocycles. The maximum absolute atomic E-state index is 12.5. The first-order valence-electron chi connectivity index (χ1n) is 6.02. The summed E-state index contributed by atoms with van der Waals surface area (Å²) in [6.45, 7) is 4.10. The summed E-state index contributed by atoms with van der Waals surface area (Å²) in [5.74, 6) is 0.217. The molecule has 0 fully saturated rings. The van der Waals surface area contributed by atoms with Gasteiger partial charge in [-0.05, 0) is 36.5 Å². The summed E-state index contributed by atoms with van der Waals surface area (Å²) in [7, 11) is 0. The second-order valence-corrected chi connectivity index (χ2v) is 4.25. The first kappa shape index (κ1) is 14.0. The molecule has 0 saturated heterocycles. The Balaban J connectivity index is 2.95. The number of halogens is 3. The maximum atomic E-state index is 12.5. The van der Waals surface area contributed by atoms with Crippen molar-refractivity contribution in [2.75, 3.05) is 0 Å². The van der Waals surface area contributed by atoms with Crippen LogP contribution in [0.1, 0.15) is 56.7 Å². The smallest absolute Gasteiger partial charge is 0.252 e. The zero-order valence-electron chi connectivity index (χ0n) is 10.2. The van der Waals surface area contributed by atoms with E-state index in [9.17, 15) is 13.2 Å². The highest BCUT2D eigenvalue weighted by Crippen LogP contribution is 2.32. The van der Waals surface area contributed by atoms with Crippen LogP contribution in [0.5, 0.6) is 0 Å². The van der Waals surface area contributed by atoms with Gasteiger partial charge in [-0.1, -0.05) is 26.7 Å². The van der Waals surface area contributed by atoms with Gasteiger partial charge >= 0.3 is 6.18 Å². The SMILES string of the molecule is CCCC(CCC)c1ccnc(C(F)(F)F)c1. The summed E-state index contributed by atoms with van der Waals surface area (Å²) in [5.41, 5.74) is -0.0248. The lowest BCUT2D eigenvalue weighted by atomic mass is 9.90. The molecule has 0 N–H and O–H groups in total. The zero-order chi connectivity index (χ0) is 12.9. The van der Waals surface area contributed by atoms with Crippen LogP contribution in [0.3, 0.4) is 0 Å². The van der Waals surface area contributed by atoms with Crippen molar-refractivity contribution >= 4 is 0 Å². The number of nitrogens with zero attached hydrogens (tertiary/aromatic N) is 1. The zero-order valence-corrected chi connectivity index (χ0v) is 10.2. The molecule has 0 bridgehead atoms. The molecule has 1 nitrogen and oxygen atoms in total. The fourth-order valence-corrected chi connectivity index (χ4v) is 2.03. The molecule has 0 unspecified atom stereocenters. The Bertz CT molecular complexity index is 341. The molecule has 0 spiro atoms. The van der Waals surface area contributed by atoms with E-state index in [1.54, 1.807) is 6.07 Å². The molecule has 0 aliphatic carbocycles. The Morgan fingerprint density at radius 1 is 1.18 bits per heavy atom. The Kier molecular flexibility index (Phi) is 4.97. The minimum atomic E-state index is -4.35. The Morgan fingerprint density at radius 2 is 1.76 bits per heavy atom. The van der Waals surface area contributed by atoms with E-state index in [1.807, 2.05) is 0 Å². The fourth-order valence-electron chi connectivity index (χ4n) is 2.03. The van der Waals surface area contributed by atoms with Crippen LogP contribution in [-0.4, -0.2) is 4.98 Å². The van der Waals surface area contributed by atoms with E-state index in [0.717, 1.165) is 31.2 Å². The summed E-state index contributed by atoms with van der Waals surface area (Å²) in [5, 5.41) is 0. The molecule has 0 saturated carbocycles. The summed E-state index contributed by atoms with van der Waals surface area (Å²) in [6, 6.07) is 2.89. The average molecular weight is 245 g/mol. The summed E-state index contributed by atoms with van der Waals surface area (Å²) in [6.07, 6.45) is 0.725. The molecule has 1 rings (SSSR count). The second kappa shape index (κ2) is 6.03. The summed E-state index contributed by atoms with van der Waals surface area (Å²) >= 11 is 0. The Hall–Kier alpha value is -1.06. The molecule has 0 aromatic carbocycles. The minimum absolute atomic E-state index is 0.217. The van der Waals surface area contributed by atoms with Crippen LogP contribution >= 0.6 is 0 Å². The van der Waals surface area contributed by atoms with Gasteiger partial charge in [0.15, 0.2) is 0 Å². The van der Waals surface area contributed by atoms with Crippen molar-refractivity contribution in [1.82, 2.24) is 4.98 Å². The van der Waals surface area contributed by atoms with Crippen molar-refractivity contribution in [2.24, 2.45) is 0 Å². The molecule has 1 aromatic heterocycles. The third-order valence-corrected chi connectivity index (χ3v) is 2.82. The molecule has 96 valence electrons. The van der Waals surface area contributed by atoms with Crippen LogP contribution in [0.25, 0.3) is 0 Å². The van der Waals surface area contributed by atoms with Crippen molar-refractivity contribution in [3.8, 4) is 0 Å². The van der Waals surface area contributed by atoms with E-state index in [0.29, 0.717) is 0 Å². The van der Waals surface area contributed by atoms with Crippen molar-refractivity contribution in [1.29, 1.82) is 0 Å². The van der Waals surface area contributed by atoms with E-state index in [1.165, 1.54) is 12.3 Å². The van der Waals surface area contributed by atoms with Crippen LogP contribution < -0.4 is 0 Å².